The van der Waals surface area contributed by atoms with Crippen LogP contribution < -0.4 is 10.8 Å². The molecule has 5 nitrogen and oxygen atoms in total. The number of hydroxylamine groups is 1. The number of carbonyl (C=O) groups is 2. The maximum Gasteiger partial charge on any atom is 0.268 e. The van der Waals surface area contributed by atoms with Gasteiger partial charge in [-0.3, -0.25) is 14.4 Å². The Morgan fingerprint density at radius 2 is 2.19 bits per heavy atom. The smallest absolute Gasteiger partial charge is 0.268 e. The summed E-state index contributed by atoms with van der Waals surface area (Å²) >= 11 is 0. The minimum atomic E-state index is -0.573. The fourth-order valence-corrected chi connectivity index (χ4v) is 1.48. The van der Waals surface area contributed by atoms with E-state index in [2.05, 4.69) is 10.8 Å². The molecular weight excluding hydrogens is 208 g/mol. The van der Waals surface area contributed by atoms with Gasteiger partial charge in [-0.1, -0.05) is 30.3 Å². The summed E-state index contributed by atoms with van der Waals surface area (Å²) in [5.74, 6) is -0.488. The maximum atomic E-state index is 11.6. The highest BCUT2D eigenvalue weighted by Gasteiger charge is 2.26. The number of benzene rings is 1. The molecule has 0 unspecified atom stereocenters. The molecule has 0 bridgehead atoms. The van der Waals surface area contributed by atoms with Gasteiger partial charge in [0.25, 0.3) is 5.91 Å². The third-order valence-electron chi connectivity index (χ3n) is 2.28. The second-order valence-electron chi connectivity index (χ2n) is 3.56. The van der Waals surface area contributed by atoms with Crippen LogP contribution in [0.4, 0.5) is 0 Å². The van der Waals surface area contributed by atoms with Gasteiger partial charge in [0.2, 0.25) is 5.91 Å². The van der Waals surface area contributed by atoms with Crippen molar-refractivity contribution in [2.24, 2.45) is 0 Å². The number of rotatable bonds is 3. The van der Waals surface area contributed by atoms with Crippen molar-refractivity contribution in [3.8, 4) is 0 Å². The van der Waals surface area contributed by atoms with Crippen molar-refractivity contribution in [3.05, 3.63) is 35.9 Å². The van der Waals surface area contributed by atoms with Gasteiger partial charge in [-0.2, -0.15) is 0 Å². The molecule has 1 aromatic rings. The number of hydrogen-bond donors (Lipinski definition) is 2. The summed E-state index contributed by atoms with van der Waals surface area (Å²) in [6, 6.07) is 8.79. The topological polar surface area (TPSA) is 67.4 Å². The van der Waals surface area contributed by atoms with Gasteiger partial charge < -0.3 is 5.32 Å². The summed E-state index contributed by atoms with van der Waals surface area (Å²) in [6.07, 6.45) is 0.268. The van der Waals surface area contributed by atoms with E-state index in [1.54, 1.807) is 0 Å². The summed E-state index contributed by atoms with van der Waals surface area (Å²) in [5.41, 5.74) is 3.10. The summed E-state index contributed by atoms with van der Waals surface area (Å²) in [6.45, 7) is 0.180. The van der Waals surface area contributed by atoms with E-state index in [1.165, 1.54) is 0 Å². The van der Waals surface area contributed by atoms with Crippen LogP contribution in [0.5, 0.6) is 0 Å². The van der Waals surface area contributed by atoms with E-state index in [9.17, 15) is 9.59 Å². The fraction of sp³-hybridized carbons (Fsp3) is 0.273. The Labute approximate surface area is 92.7 Å². The van der Waals surface area contributed by atoms with Crippen LogP contribution in [0.2, 0.25) is 0 Å². The Bertz CT molecular complexity index is 391. The van der Waals surface area contributed by atoms with E-state index >= 15 is 0 Å². The molecule has 1 aliphatic rings. The van der Waals surface area contributed by atoms with Crippen molar-refractivity contribution >= 4 is 11.8 Å². The van der Waals surface area contributed by atoms with Crippen LogP contribution in [0.15, 0.2) is 30.3 Å². The highest BCUT2D eigenvalue weighted by molar-refractivity contribution is 5.88. The Hall–Kier alpha value is -1.88. The lowest BCUT2D eigenvalue weighted by molar-refractivity contribution is -0.128. The molecule has 1 saturated heterocycles. The van der Waals surface area contributed by atoms with Crippen LogP contribution in [-0.4, -0.2) is 24.5 Å². The van der Waals surface area contributed by atoms with Crippen LogP contribution in [0.3, 0.4) is 0 Å². The molecular formula is C11H12N2O3. The van der Waals surface area contributed by atoms with Crippen molar-refractivity contribution in [2.45, 2.75) is 12.5 Å². The Morgan fingerprint density at radius 1 is 1.44 bits per heavy atom. The quantitative estimate of drug-likeness (QED) is 0.739. The first-order chi connectivity index (χ1) is 7.75. The Balaban J connectivity index is 1.87. The predicted molar refractivity (Wildman–Crippen MR) is 56.2 cm³/mol. The third-order valence-corrected chi connectivity index (χ3v) is 2.28. The highest BCUT2D eigenvalue weighted by Crippen LogP contribution is 2.00. The van der Waals surface area contributed by atoms with Gasteiger partial charge in [0.05, 0.1) is 6.42 Å². The molecule has 84 valence electrons. The SMILES string of the molecule is O=C(Cc1ccccc1)N[C@H]1CONC1=O. The summed E-state index contributed by atoms with van der Waals surface area (Å²) in [5, 5.41) is 2.60. The lowest BCUT2D eigenvalue weighted by Crippen LogP contribution is -2.42. The highest BCUT2D eigenvalue weighted by atomic mass is 16.7. The molecule has 0 saturated carbocycles. The second-order valence-corrected chi connectivity index (χ2v) is 3.56. The molecule has 0 spiro atoms. The van der Waals surface area contributed by atoms with Crippen LogP contribution in [-0.2, 0) is 20.8 Å². The van der Waals surface area contributed by atoms with Crippen molar-refractivity contribution < 1.29 is 14.4 Å². The van der Waals surface area contributed by atoms with E-state index in [0.29, 0.717) is 0 Å². The monoisotopic (exact) mass is 220 g/mol. The molecule has 5 heteroatoms. The van der Waals surface area contributed by atoms with Crippen LogP contribution in [0.1, 0.15) is 5.56 Å². The number of carbonyl (C=O) groups excluding carboxylic acids is 2. The number of hydrogen-bond acceptors (Lipinski definition) is 3. The van der Waals surface area contributed by atoms with Gasteiger partial charge >= 0.3 is 0 Å². The molecule has 0 aromatic heterocycles. The molecule has 1 aromatic carbocycles. The second kappa shape index (κ2) is 4.76. The van der Waals surface area contributed by atoms with E-state index in [0.717, 1.165) is 5.56 Å². The summed E-state index contributed by atoms with van der Waals surface area (Å²) in [7, 11) is 0. The minimum absolute atomic E-state index is 0.180. The largest absolute Gasteiger partial charge is 0.342 e. The molecule has 1 aliphatic heterocycles. The third kappa shape index (κ3) is 2.58. The van der Waals surface area contributed by atoms with Gasteiger partial charge in [0.15, 0.2) is 0 Å². The van der Waals surface area contributed by atoms with Crippen LogP contribution in [0, 0.1) is 0 Å². The van der Waals surface area contributed by atoms with Crippen LogP contribution in [0.25, 0.3) is 0 Å². The minimum Gasteiger partial charge on any atom is -0.342 e. The maximum absolute atomic E-state index is 11.6. The lowest BCUT2D eigenvalue weighted by Gasteiger charge is -2.08. The van der Waals surface area contributed by atoms with E-state index in [4.69, 9.17) is 4.84 Å². The van der Waals surface area contributed by atoms with Crippen molar-refractivity contribution in [3.63, 3.8) is 0 Å². The van der Waals surface area contributed by atoms with E-state index in [-0.39, 0.29) is 24.8 Å². The first-order valence-electron chi connectivity index (χ1n) is 5.00. The molecule has 1 heterocycles. The van der Waals surface area contributed by atoms with E-state index in [1.807, 2.05) is 30.3 Å². The van der Waals surface area contributed by atoms with Gasteiger partial charge in [-0.05, 0) is 5.56 Å². The zero-order chi connectivity index (χ0) is 11.4. The van der Waals surface area contributed by atoms with Gasteiger partial charge in [-0.15, -0.1) is 0 Å². The molecule has 1 atom stereocenters. The Kier molecular flexibility index (Phi) is 3.16. The normalized spacial score (nSPS) is 19.2. The predicted octanol–water partition coefficient (Wildman–Crippen LogP) is -0.225. The molecule has 2 amide bonds. The molecule has 0 aliphatic carbocycles. The molecule has 1 fully saturated rings. The fourth-order valence-electron chi connectivity index (χ4n) is 1.48. The van der Waals surface area contributed by atoms with E-state index < -0.39 is 6.04 Å². The molecule has 16 heavy (non-hydrogen) atoms. The molecule has 2 rings (SSSR count). The zero-order valence-electron chi connectivity index (χ0n) is 8.60. The van der Waals surface area contributed by atoms with Crippen molar-refractivity contribution in [2.75, 3.05) is 6.61 Å². The lowest BCUT2D eigenvalue weighted by atomic mass is 10.1. The number of nitrogens with one attached hydrogen (secondary N) is 2. The summed E-state index contributed by atoms with van der Waals surface area (Å²) < 4.78 is 0. The van der Waals surface area contributed by atoms with Crippen molar-refractivity contribution in [1.29, 1.82) is 0 Å². The van der Waals surface area contributed by atoms with Crippen molar-refractivity contribution in [1.82, 2.24) is 10.8 Å². The zero-order valence-corrected chi connectivity index (χ0v) is 8.60. The van der Waals surface area contributed by atoms with Gasteiger partial charge in [-0.25, -0.2) is 5.48 Å². The first-order valence-corrected chi connectivity index (χ1v) is 5.00. The average Bonchev–Trinajstić information content (AvgIpc) is 2.66. The number of amides is 2. The van der Waals surface area contributed by atoms with Gasteiger partial charge in [0, 0.05) is 0 Å². The first kappa shape index (κ1) is 10.6. The molecule has 2 N–H and O–H groups in total. The van der Waals surface area contributed by atoms with Crippen LogP contribution >= 0.6 is 0 Å². The molecule has 0 radical (unpaired) electrons. The average molecular weight is 220 g/mol. The standard InChI is InChI=1S/C11H12N2O3/c14-10(6-8-4-2-1-3-5-8)12-9-7-16-13-11(9)15/h1-5,9H,6-7H2,(H,12,14)(H,13,15)/t9-/m0/s1. The van der Waals surface area contributed by atoms with Gasteiger partial charge in [0.1, 0.15) is 12.6 Å². The summed E-state index contributed by atoms with van der Waals surface area (Å²) in [4.78, 5) is 27.4. The Morgan fingerprint density at radius 3 is 2.81 bits per heavy atom.